The number of piperazine rings is 1. The molecule has 0 bridgehead atoms. The van der Waals surface area contributed by atoms with E-state index in [-0.39, 0.29) is 37.4 Å². The highest BCUT2D eigenvalue weighted by Gasteiger charge is 2.51. The van der Waals surface area contributed by atoms with E-state index in [1.807, 2.05) is 42.5 Å². The standard InChI is InChI=1S/C27H30N6O5S/c1-28-27(36)30(2)32-17-25(34)33-23(14-18-10-12-21(13-11-18)29-39(37)38)26(35)31(16-24(32)33)15-20-8-5-7-19-6-3-4-9-22(19)20/h3-13,23-24,29H,14-17H2,1-2H3,(H,28,36)(H,37,38)/p-1/t23-,24+/m0/s1. The summed E-state index contributed by atoms with van der Waals surface area (Å²) in [7, 11) is 3.12. The molecule has 5 rings (SSSR count). The lowest BCUT2D eigenvalue weighted by molar-refractivity contribution is -0.157. The average Bonchev–Trinajstić information content (AvgIpc) is 3.26. The highest BCUT2D eigenvalue weighted by molar-refractivity contribution is 7.80. The molecule has 2 heterocycles. The molecule has 3 atom stereocenters. The van der Waals surface area contributed by atoms with Crippen LogP contribution in [-0.2, 0) is 33.8 Å². The van der Waals surface area contributed by atoms with Crippen LogP contribution >= 0.6 is 0 Å². The summed E-state index contributed by atoms with van der Waals surface area (Å²) in [4.78, 5) is 43.0. The zero-order valence-corrected chi connectivity index (χ0v) is 22.4. The van der Waals surface area contributed by atoms with Crippen LogP contribution in [0.5, 0.6) is 0 Å². The number of carbonyl (C=O) groups is 3. The van der Waals surface area contributed by atoms with Crippen molar-refractivity contribution in [2.45, 2.75) is 25.2 Å². The highest BCUT2D eigenvalue weighted by Crippen LogP contribution is 2.31. The molecule has 4 amide bonds. The number of fused-ring (bicyclic) bond motifs is 2. The van der Waals surface area contributed by atoms with Crippen LogP contribution in [0.2, 0.25) is 0 Å². The molecule has 0 spiro atoms. The lowest BCUT2D eigenvalue weighted by atomic mass is 9.99. The van der Waals surface area contributed by atoms with Gasteiger partial charge in [-0.05, 0) is 34.0 Å². The van der Waals surface area contributed by atoms with Crippen LogP contribution in [0.15, 0.2) is 66.7 Å². The van der Waals surface area contributed by atoms with Crippen molar-refractivity contribution in [3.63, 3.8) is 0 Å². The Labute approximate surface area is 228 Å². The Morgan fingerprint density at radius 1 is 1.08 bits per heavy atom. The number of anilines is 1. The van der Waals surface area contributed by atoms with Crippen LogP contribution in [0.4, 0.5) is 10.5 Å². The third-order valence-corrected chi connectivity index (χ3v) is 7.69. The van der Waals surface area contributed by atoms with Gasteiger partial charge in [-0.3, -0.25) is 18.8 Å². The third-order valence-electron chi connectivity index (χ3n) is 7.29. The Hall–Kier alpha value is -4.00. The maximum absolute atomic E-state index is 14.0. The van der Waals surface area contributed by atoms with Crippen molar-refractivity contribution in [1.82, 2.24) is 25.1 Å². The maximum atomic E-state index is 14.0. The zero-order valence-electron chi connectivity index (χ0n) is 21.6. The molecule has 2 aliphatic rings. The van der Waals surface area contributed by atoms with Crippen molar-refractivity contribution in [3.05, 3.63) is 77.9 Å². The van der Waals surface area contributed by atoms with Crippen LogP contribution in [0, 0.1) is 0 Å². The second-order valence-corrected chi connectivity index (χ2v) is 10.2. The van der Waals surface area contributed by atoms with Gasteiger partial charge in [0.1, 0.15) is 12.2 Å². The van der Waals surface area contributed by atoms with Gasteiger partial charge < -0.3 is 24.4 Å². The summed E-state index contributed by atoms with van der Waals surface area (Å²) in [6.07, 6.45) is -0.285. The van der Waals surface area contributed by atoms with Gasteiger partial charge in [-0.2, -0.15) is 5.01 Å². The lowest BCUT2D eigenvalue weighted by Gasteiger charge is -2.45. The molecular formula is C27H29N6O5S-. The predicted octanol–water partition coefficient (Wildman–Crippen LogP) is 1.66. The number of hydrogen-bond donors (Lipinski definition) is 2. The summed E-state index contributed by atoms with van der Waals surface area (Å²) >= 11 is -2.45. The van der Waals surface area contributed by atoms with E-state index in [1.165, 1.54) is 12.1 Å². The lowest BCUT2D eigenvalue weighted by Crippen LogP contribution is -2.65. The highest BCUT2D eigenvalue weighted by atomic mass is 32.2. The Bertz CT molecular complexity index is 1430. The van der Waals surface area contributed by atoms with Crippen molar-refractivity contribution in [2.24, 2.45) is 0 Å². The summed E-state index contributed by atoms with van der Waals surface area (Å²) in [6.45, 7) is 0.563. The van der Waals surface area contributed by atoms with Crippen molar-refractivity contribution in [2.75, 3.05) is 31.9 Å². The molecule has 2 aliphatic heterocycles. The first-order valence-electron chi connectivity index (χ1n) is 12.5. The van der Waals surface area contributed by atoms with Crippen LogP contribution in [-0.4, -0.2) is 85.8 Å². The normalized spacial score (nSPS) is 20.2. The van der Waals surface area contributed by atoms with Gasteiger partial charge in [0, 0.05) is 44.0 Å². The maximum Gasteiger partial charge on any atom is 0.331 e. The fourth-order valence-corrected chi connectivity index (χ4v) is 5.72. The van der Waals surface area contributed by atoms with E-state index < -0.39 is 23.5 Å². The monoisotopic (exact) mass is 549 g/mol. The van der Waals surface area contributed by atoms with E-state index >= 15 is 0 Å². The van der Waals surface area contributed by atoms with Crippen LogP contribution in [0.1, 0.15) is 11.1 Å². The first-order chi connectivity index (χ1) is 18.8. The van der Waals surface area contributed by atoms with Gasteiger partial charge in [0.05, 0.1) is 13.1 Å². The summed E-state index contributed by atoms with van der Waals surface area (Å²) < 4.78 is 24.2. The molecule has 3 aromatic rings. The van der Waals surface area contributed by atoms with Crippen molar-refractivity contribution >= 4 is 45.6 Å². The Morgan fingerprint density at radius 3 is 2.51 bits per heavy atom. The Morgan fingerprint density at radius 2 is 1.79 bits per heavy atom. The smallest absolute Gasteiger partial charge is 0.331 e. The molecule has 2 N–H and O–H groups in total. The van der Waals surface area contributed by atoms with E-state index in [0.29, 0.717) is 12.2 Å². The van der Waals surface area contributed by atoms with E-state index in [4.69, 9.17) is 0 Å². The van der Waals surface area contributed by atoms with Crippen molar-refractivity contribution in [1.29, 1.82) is 0 Å². The first kappa shape index (κ1) is 26.6. The number of benzene rings is 3. The number of nitrogens with one attached hydrogen (secondary N) is 2. The summed E-state index contributed by atoms with van der Waals surface area (Å²) in [6, 6.07) is 19.5. The predicted molar refractivity (Wildman–Crippen MR) is 145 cm³/mol. The van der Waals surface area contributed by atoms with E-state index in [1.54, 1.807) is 46.1 Å². The molecule has 204 valence electrons. The van der Waals surface area contributed by atoms with Crippen molar-refractivity contribution < 1.29 is 23.1 Å². The van der Waals surface area contributed by atoms with Gasteiger partial charge in [0.15, 0.2) is 0 Å². The largest absolute Gasteiger partial charge is 0.755 e. The summed E-state index contributed by atoms with van der Waals surface area (Å²) in [5, 5.41) is 7.78. The number of carbonyl (C=O) groups excluding carboxylic acids is 3. The second kappa shape index (κ2) is 11.0. The molecule has 11 nitrogen and oxygen atoms in total. The topological polar surface area (TPSA) is 128 Å². The van der Waals surface area contributed by atoms with E-state index in [2.05, 4.69) is 10.0 Å². The van der Waals surface area contributed by atoms with E-state index in [9.17, 15) is 23.1 Å². The van der Waals surface area contributed by atoms with Gasteiger partial charge in [0.25, 0.3) is 0 Å². The molecule has 2 saturated heterocycles. The second-order valence-electron chi connectivity index (χ2n) is 9.57. The quantitative estimate of drug-likeness (QED) is 0.432. The van der Waals surface area contributed by atoms with Gasteiger partial charge in [0.2, 0.25) is 11.8 Å². The third kappa shape index (κ3) is 5.31. The molecule has 12 heteroatoms. The van der Waals surface area contributed by atoms with E-state index in [0.717, 1.165) is 21.9 Å². The van der Waals surface area contributed by atoms with Gasteiger partial charge >= 0.3 is 6.03 Å². The molecule has 3 aromatic carbocycles. The van der Waals surface area contributed by atoms with Gasteiger partial charge in [-0.25, -0.2) is 4.79 Å². The fourth-order valence-electron chi connectivity index (χ4n) is 5.39. The number of rotatable bonds is 7. The summed E-state index contributed by atoms with van der Waals surface area (Å²) in [5.41, 5.74) is 2.16. The molecule has 0 saturated carbocycles. The Kier molecular flexibility index (Phi) is 7.51. The minimum absolute atomic E-state index is 0.0291. The van der Waals surface area contributed by atoms with Crippen LogP contribution in [0.25, 0.3) is 10.8 Å². The van der Waals surface area contributed by atoms with Crippen molar-refractivity contribution in [3.8, 4) is 0 Å². The fraction of sp³-hybridized carbons (Fsp3) is 0.296. The van der Waals surface area contributed by atoms with Crippen LogP contribution in [0.3, 0.4) is 0 Å². The number of amides is 4. The molecule has 0 aliphatic carbocycles. The first-order valence-corrected chi connectivity index (χ1v) is 13.6. The Balaban J connectivity index is 1.48. The number of hydrogen-bond acceptors (Lipinski definition) is 6. The zero-order chi connectivity index (χ0) is 27.7. The number of urea groups is 1. The van der Waals surface area contributed by atoms with Gasteiger partial charge in [-0.15, -0.1) is 0 Å². The SMILES string of the molecule is CNC(=O)N(C)N1CC(=O)N2[C@@H](Cc3ccc(NS(=O)[O-])cc3)C(=O)N(Cc3cccc4ccccc34)C[C@@H]21. The summed E-state index contributed by atoms with van der Waals surface area (Å²) in [5.74, 6) is -0.418. The number of hydrazine groups is 1. The van der Waals surface area contributed by atoms with Crippen LogP contribution < -0.4 is 10.0 Å². The molecule has 0 aromatic heterocycles. The molecular weight excluding hydrogens is 520 g/mol. The molecule has 1 unspecified atom stereocenters. The van der Waals surface area contributed by atoms with Gasteiger partial charge in [-0.1, -0.05) is 54.6 Å². The molecule has 0 radical (unpaired) electrons. The average molecular weight is 550 g/mol. The molecule has 39 heavy (non-hydrogen) atoms. The molecule has 2 fully saturated rings. The minimum atomic E-state index is -2.45. The number of nitrogens with zero attached hydrogens (tertiary/aromatic N) is 4. The minimum Gasteiger partial charge on any atom is -0.755 e.